The summed E-state index contributed by atoms with van der Waals surface area (Å²) >= 11 is 0. The number of hydrogen-bond acceptors (Lipinski definition) is 4. The van der Waals surface area contributed by atoms with Gasteiger partial charge in [-0.2, -0.15) is 4.31 Å². The topological polar surface area (TPSA) is 69.7 Å². The monoisotopic (exact) mass is 371 g/mol. The van der Waals surface area contributed by atoms with Crippen LogP contribution in [0.15, 0.2) is 29.2 Å². The lowest BCUT2D eigenvalue weighted by molar-refractivity contribution is -0.123. The maximum Gasteiger partial charge on any atom is 0.246 e. The van der Waals surface area contributed by atoms with Gasteiger partial charge < -0.3 is 5.32 Å². The Morgan fingerprint density at radius 1 is 1.24 bits per heavy atom. The third kappa shape index (κ3) is 5.23. The Morgan fingerprint density at radius 3 is 2.48 bits per heavy atom. The van der Waals surface area contributed by atoms with Gasteiger partial charge in [0, 0.05) is 32.2 Å². The molecule has 1 unspecified atom stereocenters. The number of benzene rings is 1. The van der Waals surface area contributed by atoms with Crippen molar-refractivity contribution in [1.82, 2.24) is 14.5 Å². The summed E-state index contributed by atoms with van der Waals surface area (Å²) in [5.41, 5.74) is 0. The molecule has 25 heavy (non-hydrogen) atoms. The molecule has 0 spiro atoms. The van der Waals surface area contributed by atoms with Gasteiger partial charge in [0.05, 0.1) is 6.54 Å². The molecule has 0 saturated carbocycles. The minimum absolute atomic E-state index is 0.0497. The van der Waals surface area contributed by atoms with Crippen LogP contribution in [0, 0.1) is 5.82 Å². The molecule has 1 fully saturated rings. The van der Waals surface area contributed by atoms with Crippen LogP contribution in [0.4, 0.5) is 4.39 Å². The second kappa shape index (κ2) is 8.73. The van der Waals surface area contributed by atoms with Crippen molar-refractivity contribution in [2.24, 2.45) is 0 Å². The molecule has 1 aliphatic rings. The molecule has 140 valence electrons. The summed E-state index contributed by atoms with van der Waals surface area (Å²) in [6.07, 6.45) is 1.94. The van der Waals surface area contributed by atoms with E-state index in [1.807, 2.05) is 11.8 Å². The minimum atomic E-state index is -3.84. The summed E-state index contributed by atoms with van der Waals surface area (Å²) in [7, 11) is -3.84. The van der Waals surface area contributed by atoms with Crippen molar-refractivity contribution in [3.05, 3.63) is 30.1 Å². The number of amides is 1. The molecule has 1 N–H and O–H groups in total. The Labute approximate surface area is 149 Å². The van der Waals surface area contributed by atoms with Gasteiger partial charge in [-0.25, -0.2) is 12.8 Å². The van der Waals surface area contributed by atoms with E-state index in [4.69, 9.17) is 0 Å². The molecule has 1 heterocycles. The van der Waals surface area contributed by atoms with Crippen LogP contribution in [-0.2, 0) is 14.8 Å². The van der Waals surface area contributed by atoms with E-state index in [9.17, 15) is 17.6 Å². The molecule has 0 bridgehead atoms. The van der Waals surface area contributed by atoms with Gasteiger partial charge in [0.25, 0.3) is 0 Å². The molecule has 0 aliphatic carbocycles. The summed E-state index contributed by atoms with van der Waals surface area (Å²) in [6, 6.07) is 5.53. The van der Waals surface area contributed by atoms with Crippen molar-refractivity contribution in [2.45, 2.75) is 37.6 Å². The molecule has 8 heteroatoms. The average molecular weight is 371 g/mol. The first-order chi connectivity index (χ1) is 11.8. The molecule has 1 atom stereocenters. The van der Waals surface area contributed by atoms with E-state index in [0.717, 1.165) is 18.9 Å². The van der Waals surface area contributed by atoms with Gasteiger partial charge in [-0.1, -0.05) is 25.5 Å². The summed E-state index contributed by atoms with van der Waals surface area (Å²) in [6.45, 7) is 5.68. The molecule has 1 saturated heterocycles. The zero-order valence-electron chi connectivity index (χ0n) is 14.7. The SMILES string of the molecule is CCCC(C)NC(=O)CN1CCN(S(=O)(=O)c2ccccc2F)CC1. The third-order valence-corrected chi connectivity index (χ3v) is 6.21. The van der Waals surface area contributed by atoms with Crippen LogP contribution in [0.25, 0.3) is 0 Å². The number of rotatable bonds is 7. The van der Waals surface area contributed by atoms with Crippen molar-refractivity contribution >= 4 is 15.9 Å². The van der Waals surface area contributed by atoms with Crippen molar-refractivity contribution in [1.29, 1.82) is 0 Å². The summed E-state index contributed by atoms with van der Waals surface area (Å²) in [5.74, 6) is -0.791. The number of nitrogens with zero attached hydrogens (tertiary/aromatic N) is 2. The predicted molar refractivity (Wildman–Crippen MR) is 94.1 cm³/mol. The van der Waals surface area contributed by atoms with Gasteiger partial charge >= 0.3 is 0 Å². The predicted octanol–water partition coefficient (Wildman–Crippen LogP) is 1.44. The maximum atomic E-state index is 13.8. The van der Waals surface area contributed by atoms with Gasteiger partial charge in [-0.15, -0.1) is 0 Å². The molecule has 1 aromatic rings. The molecule has 2 rings (SSSR count). The third-order valence-electron chi connectivity index (χ3n) is 4.28. The Morgan fingerprint density at radius 2 is 1.88 bits per heavy atom. The fourth-order valence-electron chi connectivity index (χ4n) is 2.95. The molecule has 1 amide bonds. The van der Waals surface area contributed by atoms with E-state index >= 15 is 0 Å². The zero-order chi connectivity index (χ0) is 18.4. The van der Waals surface area contributed by atoms with Crippen molar-refractivity contribution in [3.63, 3.8) is 0 Å². The summed E-state index contributed by atoms with van der Waals surface area (Å²) in [4.78, 5) is 13.6. The lowest BCUT2D eigenvalue weighted by atomic mass is 10.2. The summed E-state index contributed by atoms with van der Waals surface area (Å²) < 4.78 is 40.2. The highest BCUT2D eigenvalue weighted by atomic mass is 32.2. The van der Waals surface area contributed by atoms with E-state index in [1.165, 1.54) is 22.5 Å². The van der Waals surface area contributed by atoms with Gasteiger partial charge in [-0.3, -0.25) is 9.69 Å². The van der Waals surface area contributed by atoms with E-state index in [1.54, 1.807) is 0 Å². The molecule has 0 aromatic heterocycles. The first-order valence-corrected chi connectivity index (χ1v) is 10.0. The molecule has 6 nitrogen and oxygen atoms in total. The Kier molecular flexibility index (Phi) is 6.92. The van der Waals surface area contributed by atoms with Crippen molar-refractivity contribution in [2.75, 3.05) is 32.7 Å². The van der Waals surface area contributed by atoms with Gasteiger partial charge in [0.2, 0.25) is 15.9 Å². The highest BCUT2D eigenvalue weighted by Gasteiger charge is 2.30. The molecular weight excluding hydrogens is 345 g/mol. The maximum absolute atomic E-state index is 13.8. The van der Waals surface area contributed by atoms with Crippen LogP contribution in [0.1, 0.15) is 26.7 Å². The van der Waals surface area contributed by atoms with Gasteiger partial charge in [0.15, 0.2) is 0 Å². The fraction of sp³-hybridized carbons (Fsp3) is 0.588. The molecule has 0 radical (unpaired) electrons. The van der Waals surface area contributed by atoms with E-state index in [0.29, 0.717) is 13.1 Å². The van der Waals surface area contributed by atoms with Crippen molar-refractivity contribution < 1.29 is 17.6 Å². The average Bonchev–Trinajstić information content (AvgIpc) is 2.55. The lowest BCUT2D eigenvalue weighted by Gasteiger charge is -2.33. The van der Waals surface area contributed by atoms with Gasteiger partial charge in [0.1, 0.15) is 10.7 Å². The largest absolute Gasteiger partial charge is 0.353 e. The normalized spacial score (nSPS) is 18.0. The fourth-order valence-corrected chi connectivity index (χ4v) is 4.44. The van der Waals surface area contributed by atoms with Crippen LogP contribution in [0.5, 0.6) is 0 Å². The second-order valence-electron chi connectivity index (χ2n) is 6.37. The Hall–Kier alpha value is -1.51. The number of hydrogen-bond donors (Lipinski definition) is 1. The lowest BCUT2D eigenvalue weighted by Crippen LogP contribution is -2.51. The molecule has 1 aromatic carbocycles. The Balaban J connectivity index is 1.89. The van der Waals surface area contributed by atoms with Crippen molar-refractivity contribution in [3.8, 4) is 0 Å². The van der Waals surface area contributed by atoms with Crippen LogP contribution in [-0.4, -0.2) is 62.3 Å². The standard InChI is InChI=1S/C17H26FN3O3S/c1-3-6-14(2)19-17(22)13-20-9-11-21(12-10-20)25(23,24)16-8-5-4-7-15(16)18/h4-5,7-8,14H,3,6,9-13H2,1-2H3,(H,19,22). The Bertz CT molecular complexity index is 688. The van der Waals surface area contributed by atoms with Crippen LogP contribution < -0.4 is 5.32 Å². The first-order valence-electron chi connectivity index (χ1n) is 8.61. The molecular formula is C17H26FN3O3S. The first kappa shape index (κ1) is 19.8. The van der Waals surface area contributed by atoms with Gasteiger partial charge in [-0.05, 0) is 25.5 Å². The zero-order valence-corrected chi connectivity index (χ0v) is 15.6. The van der Waals surface area contributed by atoms with E-state index in [2.05, 4.69) is 12.2 Å². The number of piperazine rings is 1. The highest BCUT2D eigenvalue weighted by Crippen LogP contribution is 2.20. The summed E-state index contributed by atoms with van der Waals surface area (Å²) in [5, 5.41) is 2.94. The van der Waals surface area contributed by atoms with Crippen LogP contribution >= 0.6 is 0 Å². The van der Waals surface area contributed by atoms with Crippen LogP contribution in [0.2, 0.25) is 0 Å². The number of carbonyl (C=O) groups excluding carboxylic acids is 1. The van der Waals surface area contributed by atoms with Crippen LogP contribution in [0.3, 0.4) is 0 Å². The van der Waals surface area contributed by atoms with E-state index < -0.39 is 15.8 Å². The second-order valence-corrected chi connectivity index (χ2v) is 8.27. The smallest absolute Gasteiger partial charge is 0.246 e. The minimum Gasteiger partial charge on any atom is -0.353 e. The van der Waals surface area contributed by atoms with E-state index in [-0.39, 0.29) is 36.5 Å². The number of halogens is 1. The quantitative estimate of drug-likeness (QED) is 0.787. The number of carbonyl (C=O) groups is 1. The number of sulfonamides is 1. The highest BCUT2D eigenvalue weighted by molar-refractivity contribution is 7.89. The number of nitrogens with one attached hydrogen (secondary N) is 1. The molecule has 1 aliphatic heterocycles.